The Balaban J connectivity index is 1.29. The highest BCUT2D eigenvalue weighted by atomic mass is 32.1. The second kappa shape index (κ2) is 7.71. The number of aromatic nitrogens is 5. The van der Waals surface area contributed by atoms with Crippen molar-refractivity contribution < 1.29 is 4.79 Å². The topological polar surface area (TPSA) is 76.3 Å². The number of fused-ring (bicyclic) bond motifs is 1. The number of rotatable bonds is 4. The lowest BCUT2D eigenvalue weighted by molar-refractivity contribution is -0.131. The van der Waals surface area contributed by atoms with Crippen molar-refractivity contribution in [1.82, 2.24) is 29.5 Å². The molecule has 4 aromatic rings. The molecule has 1 saturated heterocycles. The van der Waals surface area contributed by atoms with Gasteiger partial charge in [0.25, 0.3) is 0 Å². The van der Waals surface area contributed by atoms with Gasteiger partial charge in [0.05, 0.1) is 12.1 Å². The number of nitrogens with zero attached hydrogens (tertiary/aromatic N) is 6. The van der Waals surface area contributed by atoms with Gasteiger partial charge in [0.15, 0.2) is 5.65 Å². The van der Waals surface area contributed by atoms with E-state index in [4.69, 9.17) is 0 Å². The normalized spacial score (nSPS) is 17.0. The van der Waals surface area contributed by atoms with E-state index >= 15 is 0 Å². The Labute approximate surface area is 172 Å². The van der Waals surface area contributed by atoms with Gasteiger partial charge < -0.3 is 4.90 Å². The zero-order chi connectivity index (χ0) is 19.6. The fourth-order valence-corrected chi connectivity index (χ4v) is 4.64. The zero-order valence-corrected chi connectivity index (χ0v) is 16.6. The van der Waals surface area contributed by atoms with Crippen LogP contribution in [0.15, 0.2) is 54.3 Å². The monoisotopic (exact) mass is 404 g/mol. The summed E-state index contributed by atoms with van der Waals surface area (Å²) in [5, 5.41) is 11.5. The molecule has 8 heteroatoms. The molecular weight excluding hydrogens is 384 g/mol. The maximum Gasteiger partial charge on any atom is 0.228 e. The molecule has 1 fully saturated rings. The molecule has 1 aliphatic rings. The molecular formula is C21H20N6OS. The van der Waals surface area contributed by atoms with Crippen LogP contribution in [-0.4, -0.2) is 48.5 Å². The number of carbonyl (C=O) groups excluding carboxylic acids is 1. The Kier molecular flexibility index (Phi) is 4.77. The van der Waals surface area contributed by atoms with Crippen LogP contribution in [0.1, 0.15) is 30.3 Å². The molecule has 0 bridgehead atoms. The van der Waals surface area contributed by atoms with Crippen LogP contribution in [-0.2, 0) is 11.2 Å². The maximum absolute atomic E-state index is 12.9. The Morgan fingerprint density at radius 2 is 2.17 bits per heavy atom. The largest absolute Gasteiger partial charge is 0.342 e. The minimum Gasteiger partial charge on any atom is -0.342 e. The lowest BCUT2D eigenvalue weighted by Crippen LogP contribution is -2.40. The van der Waals surface area contributed by atoms with Gasteiger partial charge in [-0.2, -0.15) is 0 Å². The van der Waals surface area contributed by atoms with Crippen LogP contribution < -0.4 is 0 Å². The molecule has 0 aliphatic carbocycles. The molecule has 0 aromatic carbocycles. The number of piperidine rings is 1. The van der Waals surface area contributed by atoms with Crippen LogP contribution in [0.2, 0.25) is 0 Å². The summed E-state index contributed by atoms with van der Waals surface area (Å²) in [6.07, 6.45) is 7.83. The van der Waals surface area contributed by atoms with Crippen molar-refractivity contribution in [1.29, 1.82) is 0 Å². The number of amides is 1. The van der Waals surface area contributed by atoms with E-state index in [2.05, 4.69) is 20.2 Å². The summed E-state index contributed by atoms with van der Waals surface area (Å²) in [4.78, 5) is 23.6. The number of thiazole rings is 1. The highest BCUT2D eigenvalue weighted by Crippen LogP contribution is 2.27. The molecule has 4 aromatic heterocycles. The van der Waals surface area contributed by atoms with Crippen molar-refractivity contribution in [2.45, 2.75) is 25.2 Å². The molecule has 1 amide bonds. The molecule has 1 aliphatic heterocycles. The first-order valence-electron chi connectivity index (χ1n) is 9.70. The van der Waals surface area contributed by atoms with Gasteiger partial charge >= 0.3 is 0 Å². The predicted octanol–water partition coefficient (Wildman–Crippen LogP) is 3.20. The smallest absolute Gasteiger partial charge is 0.228 e. The van der Waals surface area contributed by atoms with E-state index in [0.29, 0.717) is 13.0 Å². The van der Waals surface area contributed by atoms with Gasteiger partial charge in [0.1, 0.15) is 10.8 Å². The van der Waals surface area contributed by atoms with Crippen molar-refractivity contribution in [3.05, 3.63) is 65.8 Å². The minimum atomic E-state index is 0.117. The Bertz CT molecular complexity index is 1140. The highest BCUT2D eigenvalue weighted by molar-refractivity contribution is 7.13. The third-order valence-electron chi connectivity index (χ3n) is 5.27. The van der Waals surface area contributed by atoms with E-state index in [1.165, 1.54) is 0 Å². The van der Waals surface area contributed by atoms with Crippen LogP contribution >= 0.6 is 11.3 Å². The quantitative estimate of drug-likeness (QED) is 0.522. The third-order valence-corrected chi connectivity index (χ3v) is 6.21. The van der Waals surface area contributed by atoms with Gasteiger partial charge in [-0.15, -0.1) is 21.5 Å². The van der Waals surface area contributed by atoms with Crippen LogP contribution in [0.4, 0.5) is 0 Å². The standard InChI is InChI=1S/C21H20N6OS/c28-19(11-17-14-29-21(23-17)15-5-3-8-22-12-15)26-9-4-6-16(13-26)20-25-24-18-7-1-2-10-27(18)20/h1-3,5,7-8,10,12,14,16H,4,6,9,11,13H2. The lowest BCUT2D eigenvalue weighted by Gasteiger charge is -2.32. The van der Waals surface area contributed by atoms with Crippen LogP contribution in [0.5, 0.6) is 0 Å². The van der Waals surface area contributed by atoms with Crippen molar-refractivity contribution in [3.8, 4) is 10.6 Å². The molecule has 5 heterocycles. The summed E-state index contributed by atoms with van der Waals surface area (Å²) in [6, 6.07) is 9.76. The van der Waals surface area contributed by atoms with Crippen LogP contribution in [0, 0.1) is 0 Å². The summed E-state index contributed by atoms with van der Waals surface area (Å²) in [7, 11) is 0. The van der Waals surface area contributed by atoms with Gasteiger partial charge in [-0.1, -0.05) is 6.07 Å². The van der Waals surface area contributed by atoms with E-state index in [1.807, 2.05) is 51.2 Å². The third kappa shape index (κ3) is 3.63. The van der Waals surface area contributed by atoms with Crippen molar-refractivity contribution in [2.75, 3.05) is 13.1 Å². The second-order valence-electron chi connectivity index (χ2n) is 7.23. The molecule has 1 unspecified atom stereocenters. The van der Waals surface area contributed by atoms with Crippen molar-refractivity contribution in [3.63, 3.8) is 0 Å². The molecule has 146 valence electrons. The molecule has 5 rings (SSSR count). The number of carbonyl (C=O) groups is 1. The first-order valence-corrected chi connectivity index (χ1v) is 10.6. The minimum absolute atomic E-state index is 0.117. The average molecular weight is 404 g/mol. The van der Waals surface area contributed by atoms with Gasteiger partial charge in [-0.25, -0.2) is 4.98 Å². The van der Waals surface area contributed by atoms with Crippen molar-refractivity contribution >= 4 is 22.9 Å². The summed E-state index contributed by atoms with van der Waals surface area (Å²) in [6.45, 7) is 1.46. The highest BCUT2D eigenvalue weighted by Gasteiger charge is 2.28. The SMILES string of the molecule is O=C(Cc1csc(-c2cccnc2)n1)N1CCCC(c2nnc3ccccn23)C1. The Morgan fingerprint density at radius 1 is 1.21 bits per heavy atom. The van der Waals surface area contributed by atoms with E-state index < -0.39 is 0 Å². The first-order chi connectivity index (χ1) is 14.3. The van der Waals surface area contributed by atoms with E-state index in [1.54, 1.807) is 23.7 Å². The van der Waals surface area contributed by atoms with E-state index in [-0.39, 0.29) is 11.8 Å². The number of pyridine rings is 2. The van der Waals surface area contributed by atoms with E-state index in [9.17, 15) is 4.79 Å². The summed E-state index contributed by atoms with van der Waals surface area (Å²) >= 11 is 1.55. The molecule has 1 atom stereocenters. The van der Waals surface area contributed by atoms with Gasteiger partial charge in [0.2, 0.25) is 5.91 Å². The average Bonchev–Trinajstić information content (AvgIpc) is 3.42. The molecule has 29 heavy (non-hydrogen) atoms. The van der Waals surface area contributed by atoms with Crippen LogP contribution in [0.3, 0.4) is 0 Å². The first kappa shape index (κ1) is 17.9. The Hall–Kier alpha value is -3.13. The fourth-order valence-electron chi connectivity index (χ4n) is 3.83. The van der Waals surface area contributed by atoms with Gasteiger partial charge in [-0.3, -0.25) is 14.2 Å². The number of likely N-dealkylation sites (tertiary alicyclic amines) is 1. The summed E-state index contributed by atoms with van der Waals surface area (Å²) < 4.78 is 2.03. The van der Waals surface area contributed by atoms with E-state index in [0.717, 1.165) is 47.1 Å². The maximum atomic E-state index is 12.9. The van der Waals surface area contributed by atoms with Gasteiger partial charge in [-0.05, 0) is 37.1 Å². The lowest BCUT2D eigenvalue weighted by atomic mass is 9.97. The Morgan fingerprint density at radius 3 is 3.07 bits per heavy atom. The van der Waals surface area contributed by atoms with Crippen molar-refractivity contribution in [2.24, 2.45) is 0 Å². The zero-order valence-electron chi connectivity index (χ0n) is 15.8. The predicted molar refractivity (Wildman–Crippen MR) is 111 cm³/mol. The van der Waals surface area contributed by atoms with Crippen LogP contribution in [0.25, 0.3) is 16.2 Å². The van der Waals surface area contributed by atoms with Gasteiger partial charge in [0, 0.05) is 48.5 Å². The molecule has 0 spiro atoms. The molecule has 0 saturated carbocycles. The number of hydrogen-bond donors (Lipinski definition) is 0. The molecule has 7 nitrogen and oxygen atoms in total. The summed E-state index contributed by atoms with van der Waals surface area (Å²) in [5.74, 6) is 1.25. The second-order valence-corrected chi connectivity index (χ2v) is 8.09. The fraction of sp³-hybridized carbons (Fsp3) is 0.286. The summed E-state index contributed by atoms with van der Waals surface area (Å²) in [5.41, 5.74) is 2.64. The number of hydrogen-bond acceptors (Lipinski definition) is 6. The molecule has 0 radical (unpaired) electrons. The molecule has 0 N–H and O–H groups in total.